The predicted octanol–water partition coefficient (Wildman–Crippen LogP) is 3.10. The molecule has 0 atom stereocenters. The number of benzene rings is 1. The van der Waals surface area contributed by atoms with Gasteiger partial charge in [0.25, 0.3) is 0 Å². The number of carbonyl (C=O) groups excluding carboxylic acids is 1. The molecule has 1 amide bonds. The molecular weight excluding hydrogens is 310 g/mol. The van der Waals surface area contributed by atoms with Gasteiger partial charge in [-0.3, -0.25) is 4.79 Å². The molecule has 3 rings (SSSR count). The highest BCUT2D eigenvalue weighted by Gasteiger charge is 2.20. The van der Waals surface area contributed by atoms with Gasteiger partial charge in [0, 0.05) is 43.5 Å². The normalized spacial score (nSPS) is 15.2. The van der Waals surface area contributed by atoms with Crippen LogP contribution in [0.15, 0.2) is 54.7 Å². The Morgan fingerprint density at radius 2 is 1.78 bits per heavy atom. The predicted molar refractivity (Wildman–Crippen MR) is 93.5 cm³/mol. The molecule has 0 radical (unpaired) electrons. The first-order valence-corrected chi connectivity index (χ1v) is 7.99. The molecule has 118 valence electrons. The Morgan fingerprint density at radius 1 is 1.04 bits per heavy atom. The molecule has 0 aliphatic carbocycles. The lowest BCUT2D eigenvalue weighted by atomic mass is 10.2. The van der Waals surface area contributed by atoms with Crippen LogP contribution in [0, 0.1) is 0 Å². The fourth-order valence-corrected chi connectivity index (χ4v) is 2.77. The van der Waals surface area contributed by atoms with Crippen molar-refractivity contribution in [2.45, 2.75) is 0 Å². The van der Waals surface area contributed by atoms with Crippen LogP contribution in [0.2, 0.25) is 5.02 Å². The number of rotatable bonds is 3. The number of anilines is 1. The van der Waals surface area contributed by atoms with Gasteiger partial charge >= 0.3 is 0 Å². The monoisotopic (exact) mass is 327 g/mol. The first kappa shape index (κ1) is 15.6. The van der Waals surface area contributed by atoms with E-state index in [9.17, 15) is 4.79 Å². The van der Waals surface area contributed by atoms with Gasteiger partial charge in [0.2, 0.25) is 5.91 Å². The van der Waals surface area contributed by atoms with Crippen LogP contribution in [-0.4, -0.2) is 42.0 Å². The van der Waals surface area contributed by atoms with Gasteiger partial charge in [-0.1, -0.05) is 35.9 Å². The Balaban J connectivity index is 1.57. The van der Waals surface area contributed by atoms with Gasteiger partial charge in [0.15, 0.2) is 0 Å². The number of hydrogen-bond acceptors (Lipinski definition) is 3. The number of piperazine rings is 1. The smallest absolute Gasteiger partial charge is 0.246 e. The minimum absolute atomic E-state index is 0.0191. The van der Waals surface area contributed by atoms with E-state index in [1.807, 2.05) is 47.4 Å². The topological polar surface area (TPSA) is 36.4 Å². The van der Waals surface area contributed by atoms with Crippen molar-refractivity contribution in [1.82, 2.24) is 9.88 Å². The zero-order valence-corrected chi connectivity index (χ0v) is 13.5. The Bertz CT molecular complexity index is 694. The number of pyridine rings is 1. The highest BCUT2D eigenvalue weighted by Crippen LogP contribution is 2.17. The van der Waals surface area contributed by atoms with Crippen LogP contribution < -0.4 is 4.90 Å². The number of halogens is 1. The Kier molecular flexibility index (Phi) is 4.93. The first-order chi connectivity index (χ1) is 11.2. The Morgan fingerprint density at radius 3 is 2.48 bits per heavy atom. The molecule has 0 unspecified atom stereocenters. The van der Waals surface area contributed by atoms with Gasteiger partial charge in [-0.2, -0.15) is 0 Å². The quantitative estimate of drug-likeness (QED) is 0.813. The zero-order valence-electron chi connectivity index (χ0n) is 12.7. The summed E-state index contributed by atoms with van der Waals surface area (Å²) in [6.07, 6.45) is 5.16. The van der Waals surface area contributed by atoms with E-state index in [-0.39, 0.29) is 5.91 Å². The largest absolute Gasteiger partial charge is 0.353 e. The van der Waals surface area contributed by atoms with E-state index >= 15 is 0 Å². The lowest BCUT2D eigenvalue weighted by molar-refractivity contribution is -0.126. The summed E-state index contributed by atoms with van der Waals surface area (Å²) in [4.78, 5) is 20.7. The summed E-state index contributed by atoms with van der Waals surface area (Å²) in [5.74, 6) is 0.983. The van der Waals surface area contributed by atoms with Crippen molar-refractivity contribution < 1.29 is 4.79 Å². The van der Waals surface area contributed by atoms with Gasteiger partial charge in [0.1, 0.15) is 5.82 Å². The summed E-state index contributed by atoms with van der Waals surface area (Å²) < 4.78 is 0. The molecule has 4 nitrogen and oxygen atoms in total. The number of carbonyl (C=O) groups is 1. The molecule has 1 aliphatic rings. The SMILES string of the molecule is O=C(/C=C/c1ccccc1Cl)N1CCN(c2ccccn2)CC1. The summed E-state index contributed by atoms with van der Waals surface area (Å²) in [6.45, 7) is 2.98. The number of nitrogens with zero attached hydrogens (tertiary/aromatic N) is 3. The summed E-state index contributed by atoms with van der Waals surface area (Å²) in [6, 6.07) is 13.4. The molecule has 1 aromatic carbocycles. The van der Waals surface area contributed by atoms with Crippen molar-refractivity contribution in [3.63, 3.8) is 0 Å². The summed E-state index contributed by atoms with van der Waals surface area (Å²) in [7, 11) is 0. The summed E-state index contributed by atoms with van der Waals surface area (Å²) in [5.41, 5.74) is 0.856. The van der Waals surface area contributed by atoms with E-state index in [1.54, 1.807) is 18.3 Å². The molecule has 2 aromatic rings. The van der Waals surface area contributed by atoms with Crippen LogP contribution in [0.1, 0.15) is 5.56 Å². The van der Waals surface area contributed by atoms with E-state index in [0.717, 1.165) is 24.5 Å². The molecular formula is C18H18ClN3O. The standard InChI is InChI=1S/C18H18ClN3O/c19-16-6-2-1-5-15(16)8-9-18(23)22-13-11-21(12-14-22)17-7-3-4-10-20-17/h1-10H,11-14H2/b9-8+. The molecule has 0 N–H and O–H groups in total. The average Bonchev–Trinajstić information content (AvgIpc) is 2.62. The second kappa shape index (κ2) is 7.29. The van der Waals surface area contributed by atoms with Crippen LogP contribution in [0.3, 0.4) is 0 Å². The van der Waals surface area contributed by atoms with E-state index in [1.165, 1.54) is 0 Å². The fourth-order valence-electron chi connectivity index (χ4n) is 2.57. The van der Waals surface area contributed by atoms with Crippen LogP contribution in [0.25, 0.3) is 6.08 Å². The van der Waals surface area contributed by atoms with Crippen molar-refractivity contribution in [3.8, 4) is 0 Å². The maximum atomic E-state index is 12.3. The summed E-state index contributed by atoms with van der Waals surface area (Å²) >= 11 is 6.09. The van der Waals surface area contributed by atoms with E-state index in [2.05, 4.69) is 9.88 Å². The number of amides is 1. The molecule has 0 bridgehead atoms. The molecule has 2 heterocycles. The van der Waals surface area contributed by atoms with Crippen LogP contribution in [-0.2, 0) is 4.79 Å². The van der Waals surface area contributed by atoms with E-state index in [4.69, 9.17) is 11.6 Å². The van der Waals surface area contributed by atoms with E-state index < -0.39 is 0 Å². The third-order valence-electron chi connectivity index (χ3n) is 3.88. The highest BCUT2D eigenvalue weighted by atomic mass is 35.5. The third-order valence-corrected chi connectivity index (χ3v) is 4.22. The van der Waals surface area contributed by atoms with Crippen LogP contribution in [0.4, 0.5) is 5.82 Å². The van der Waals surface area contributed by atoms with Gasteiger partial charge in [-0.15, -0.1) is 0 Å². The number of hydrogen-bond donors (Lipinski definition) is 0. The molecule has 0 saturated carbocycles. The highest BCUT2D eigenvalue weighted by molar-refractivity contribution is 6.32. The van der Waals surface area contributed by atoms with Crippen molar-refractivity contribution >= 4 is 29.4 Å². The maximum absolute atomic E-state index is 12.3. The molecule has 1 saturated heterocycles. The Hall–Kier alpha value is -2.33. The van der Waals surface area contributed by atoms with Crippen molar-refractivity contribution in [1.29, 1.82) is 0 Å². The number of aromatic nitrogens is 1. The van der Waals surface area contributed by atoms with Crippen molar-refractivity contribution in [2.75, 3.05) is 31.1 Å². The lowest BCUT2D eigenvalue weighted by Crippen LogP contribution is -2.48. The van der Waals surface area contributed by atoms with Gasteiger partial charge in [0.05, 0.1) is 0 Å². The van der Waals surface area contributed by atoms with Crippen LogP contribution >= 0.6 is 11.6 Å². The second-order valence-electron chi connectivity index (χ2n) is 5.36. The minimum Gasteiger partial charge on any atom is -0.353 e. The van der Waals surface area contributed by atoms with Gasteiger partial charge in [-0.25, -0.2) is 4.98 Å². The van der Waals surface area contributed by atoms with Gasteiger partial charge in [-0.05, 0) is 29.8 Å². The first-order valence-electron chi connectivity index (χ1n) is 7.61. The fraction of sp³-hybridized carbons (Fsp3) is 0.222. The Labute approximate surface area is 141 Å². The molecule has 1 aliphatic heterocycles. The zero-order chi connectivity index (χ0) is 16.1. The molecule has 5 heteroatoms. The third kappa shape index (κ3) is 3.90. The second-order valence-corrected chi connectivity index (χ2v) is 5.76. The van der Waals surface area contributed by atoms with Crippen molar-refractivity contribution in [2.24, 2.45) is 0 Å². The summed E-state index contributed by atoms with van der Waals surface area (Å²) in [5, 5.41) is 0.650. The molecule has 23 heavy (non-hydrogen) atoms. The lowest BCUT2D eigenvalue weighted by Gasteiger charge is -2.34. The van der Waals surface area contributed by atoms with Crippen LogP contribution in [0.5, 0.6) is 0 Å². The minimum atomic E-state index is 0.0191. The van der Waals surface area contributed by atoms with Gasteiger partial charge < -0.3 is 9.80 Å². The van der Waals surface area contributed by atoms with E-state index in [0.29, 0.717) is 18.1 Å². The maximum Gasteiger partial charge on any atom is 0.246 e. The molecule has 1 aromatic heterocycles. The molecule has 1 fully saturated rings. The molecule has 0 spiro atoms. The average molecular weight is 328 g/mol. The van der Waals surface area contributed by atoms with Crippen molar-refractivity contribution in [3.05, 3.63) is 65.3 Å².